The van der Waals surface area contributed by atoms with Gasteiger partial charge in [0.25, 0.3) is 0 Å². The number of hydrogen-bond donors (Lipinski definition) is 1. The van der Waals surface area contributed by atoms with Gasteiger partial charge in [-0.3, -0.25) is 0 Å². The van der Waals surface area contributed by atoms with Crippen LogP contribution in [0.2, 0.25) is 0 Å². The van der Waals surface area contributed by atoms with Crippen molar-refractivity contribution in [3.63, 3.8) is 0 Å². The van der Waals surface area contributed by atoms with Crippen LogP contribution in [0.4, 0.5) is 5.69 Å². The molecule has 0 aliphatic carbocycles. The second kappa shape index (κ2) is 6.84. The monoisotopic (exact) mass is 250 g/mol. The van der Waals surface area contributed by atoms with E-state index in [-0.39, 0.29) is 11.1 Å². The number of hydrogen-bond acceptors (Lipinski definition) is 4. The van der Waals surface area contributed by atoms with Gasteiger partial charge in [-0.15, -0.1) is 0 Å². The molecule has 4 heteroatoms. The highest BCUT2D eigenvalue weighted by atomic mass is 14.9. The minimum atomic E-state index is -0.152. The van der Waals surface area contributed by atoms with Gasteiger partial charge in [-0.2, -0.15) is 15.8 Å². The van der Waals surface area contributed by atoms with Gasteiger partial charge in [0.2, 0.25) is 0 Å². The quantitative estimate of drug-likeness (QED) is 0.832. The average molecular weight is 250 g/mol. The van der Waals surface area contributed by atoms with Gasteiger partial charge in [-0.25, -0.2) is 0 Å². The Morgan fingerprint density at radius 3 is 2.26 bits per heavy atom. The fourth-order valence-corrected chi connectivity index (χ4v) is 1.81. The number of allylic oxidation sites excluding steroid dienone is 2. The average Bonchev–Trinajstić information content (AvgIpc) is 2.45. The summed E-state index contributed by atoms with van der Waals surface area (Å²) < 4.78 is 0. The Hall–Kier alpha value is -2.77. The third-order valence-electron chi connectivity index (χ3n) is 2.73. The Morgan fingerprint density at radius 1 is 1.11 bits per heavy atom. The molecule has 1 N–H and O–H groups in total. The largest absolute Gasteiger partial charge is 0.385 e. The number of rotatable bonds is 4. The van der Waals surface area contributed by atoms with Crippen molar-refractivity contribution in [3.8, 4) is 18.2 Å². The zero-order chi connectivity index (χ0) is 14.3. The summed E-state index contributed by atoms with van der Waals surface area (Å²) in [7, 11) is 0. The number of nitrogens with zero attached hydrogens (tertiary/aromatic N) is 3. The standard InChI is InChI=1S/C15H14N4/c1-3-11-7-12(5-6-15(11)19-4-2)14(10-18)13(8-16)9-17/h5-7,19H,3-4H2,1-2H3. The molecule has 0 saturated carbocycles. The molecule has 0 amide bonds. The van der Waals surface area contributed by atoms with Crippen molar-refractivity contribution in [2.75, 3.05) is 11.9 Å². The lowest BCUT2D eigenvalue weighted by molar-refractivity contribution is 1.11. The van der Waals surface area contributed by atoms with E-state index in [1.54, 1.807) is 18.2 Å². The molecule has 1 aromatic rings. The summed E-state index contributed by atoms with van der Waals surface area (Å²) in [6.45, 7) is 4.84. The summed E-state index contributed by atoms with van der Waals surface area (Å²) >= 11 is 0. The molecular weight excluding hydrogens is 236 g/mol. The Kier molecular flexibility index (Phi) is 5.15. The Morgan fingerprint density at radius 2 is 1.79 bits per heavy atom. The SMILES string of the molecule is CCNc1ccc(C(C#N)=C(C#N)C#N)cc1CC. The molecule has 0 aliphatic heterocycles. The highest BCUT2D eigenvalue weighted by Gasteiger charge is 2.10. The highest BCUT2D eigenvalue weighted by Crippen LogP contribution is 2.24. The van der Waals surface area contributed by atoms with E-state index >= 15 is 0 Å². The fraction of sp³-hybridized carbons (Fsp3) is 0.267. The lowest BCUT2D eigenvalue weighted by Gasteiger charge is -2.11. The van der Waals surface area contributed by atoms with Crippen molar-refractivity contribution in [1.82, 2.24) is 0 Å². The predicted molar refractivity (Wildman–Crippen MR) is 73.7 cm³/mol. The normalized spacial score (nSPS) is 8.79. The van der Waals surface area contributed by atoms with Gasteiger partial charge in [0.05, 0.1) is 5.57 Å². The Labute approximate surface area is 113 Å². The van der Waals surface area contributed by atoms with Gasteiger partial charge in [0, 0.05) is 12.2 Å². The number of aryl methyl sites for hydroxylation is 1. The minimum absolute atomic E-state index is 0.128. The summed E-state index contributed by atoms with van der Waals surface area (Å²) in [6.07, 6.45) is 0.809. The van der Waals surface area contributed by atoms with E-state index in [4.69, 9.17) is 15.8 Å². The van der Waals surface area contributed by atoms with Crippen LogP contribution in [-0.4, -0.2) is 6.54 Å². The van der Waals surface area contributed by atoms with Crippen molar-refractivity contribution in [2.24, 2.45) is 0 Å². The summed E-state index contributed by atoms with van der Waals surface area (Å²) in [5.41, 5.74) is 2.66. The van der Waals surface area contributed by atoms with E-state index in [0.717, 1.165) is 24.2 Å². The second-order valence-electron chi connectivity index (χ2n) is 3.84. The van der Waals surface area contributed by atoms with Crippen LogP contribution in [0.5, 0.6) is 0 Å². The smallest absolute Gasteiger partial charge is 0.148 e. The maximum absolute atomic E-state index is 9.12. The molecule has 0 radical (unpaired) electrons. The van der Waals surface area contributed by atoms with Crippen molar-refractivity contribution >= 4 is 11.3 Å². The molecule has 0 saturated heterocycles. The van der Waals surface area contributed by atoms with Crippen LogP contribution in [0.3, 0.4) is 0 Å². The zero-order valence-corrected chi connectivity index (χ0v) is 11.0. The first kappa shape index (κ1) is 14.3. The highest BCUT2D eigenvalue weighted by molar-refractivity contribution is 5.85. The van der Waals surface area contributed by atoms with Gasteiger partial charge in [0.15, 0.2) is 0 Å². The van der Waals surface area contributed by atoms with Gasteiger partial charge in [-0.1, -0.05) is 13.0 Å². The zero-order valence-electron chi connectivity index (χ0n) is 11.0. The van der Waals surface area contributed by atoms with Gasteiger partial charge < -0.3 is 5.32 Å². The summed E-state index contributed by atoms with van der Waals surface area (Å²) in [6, 6.07) is 10.9. The fourth-order valence-electron chi connectivity index (χ4n) is 1.81. The molecule has 0 bridgehead atoms. The lowest BCUT2D eigenvalue weighted by atomic mass is 9.98. The van der Waals surface area contributed by atoms with Crippen LogP contribution in [0, 0.1) is 34.0 Å². The minimum Gasteiger partial charge on any atom is -0.385 e. The van der Waals surface area contributed by atoms with E-state index in [9.17, 15) is 0 Å². The third kappa shape index (κ3) is 3.12. The van der Waals surface area contributed by atoms with E-state index in [1.165, 1.54) is 0 Å². The Bertz CT molecular complexity index is 605. The van der Waals surface area contributed by atoms with Crippen LogP contribution in [0.25, 0.3) is 5.57 Å². The molecule has 0 aliphatic rings. The molecule has 0 aromatic heterocycles. The van der Waals surface area contributed by atoms with E-state index in [1.807, 2.05) is 32.0 Å². The predicted octanol–water partition coefficient (Wildman–Crippen LogP) is 3.01. The molecule has 94 valence electrons. The van der Waals surface area contributed by atoms with Crippen molar-refractivity contribution in [1.29, 1.82) is 15.8 Å². The first-order valence-electron chi connectivity index (χ1n) is 6.03. The van der Waals surface area contributed by atoms with E-state index < -0.39 is 0 Å². The van der Waals surface area contributed by atoms with Crippen molar-refractivity contribution < 1.29 is 0 Å². The van der Waals surface area contributed by atoms with E-state index in [0.29, 0.717) is 5.56 Å². The van der Waals surface area contributed by atoms with Crippen LogP contribution < -0.4 is 5.32 Å². The topological polar surface area (TPSA) is 83.4 Å². The van der Waals surface area contributed by atoms with Crippen LogP contribution >= 0.6 is 0 Å². The Balaban J connectivity index is 3.39. The molecule has 19 heavy (non-hydrogen) atoms. The van der Waals surface area contributed by atoms with Gasteiger partial charge in [0.1, 0.15) is 23.8 Å². The number of nitrogens with one attached hydrogen (secondary N) is 1. The number of nitriles is 3. The number of anilines is 1. The molecule has 1 aromatic carbocycles. The van der Waals surface area contributed by atoms with Crippen molar-refractivity contribution in [2.45, 2.75) is 20.3 Å². The first-order valence-corrected chi connectivity index (χ1v) is 6.03. The van der Waals surface area contributed by atoms with Crippen LogP contribution in [-0.2, 0) is 6.42 Å². The molecule has 0 heterocycles. The maximum atomic E-state index is 9.12. The molecule has 1 rings (SSSR count). The summed E-state index contributed by atoms with van der Waals surface area (Å²) in [4.78, 5) is 0. The molecule has 4 nitrogen and oxygen atoms in total. The molecule has 0 unspecified atom stereocenters. The molecule has 0 atom stereocenters. The van der Waals surface area contributed by atoms with Crippen LogP contribution in [0.15, 0.2) is 23.8 Å². The first-order chi connectivity index (χ1) is 9.21. The van der Waals surface area contributed by atoms with Gasteiger partial charge in [-0.05, 0) is 36.6 Å². The maximum Gasteiger partial charge on any atom is 0.148 e. The summed E-state index contributed by atoms with van der Waals surface area (Å²) in [5.74, 6) is 0. The second-order valence-corrected chi connectivity index (χ2v) is 3.84. The van der Waals surface area contributed by atoms with Crippen LogP contribution in [0.1, 0.15) is 25.0 Å². The van der Waals surface area contributed by atoms with Gasteiger partial charge >= 0.3 is 0 Å². The third-order valence-corrected chi connectivity index (χ3v) is 2.73. The molecular formula is C15H14N4. The molecule has 0 spiro atoms. The number of benzene rings is 1. The molecule has 0 fully saturated rings. The van der Waals surface area contributed by atoms with E-state index in [2.05, 4.69) is 5.32 Å². The summed E-state index contributed by atoms with van der Waals surface area (Å²) in [5, 5.41) is 30.1. The van der Waals surface area contributed by atoms with Crippen molar-refractivity contribution in [3.05, 3.63) is 34.9 Å². The lowest BCUT2D eigenvalue weighted by Crippen LogP contribution is -2.01.